The van der Waals surface area contributed by atoms with Crippen molar-refractivity contribution >= 4 is 25.7 Å². The Kier molecular flexibility index (Phi) is 6.06. The summed E-state index contributed by atoms with van der Waals surface area (Å²) in [6.07, 6.45) is 1.91. The van der Waals surface area contributed by atoms with Crippen molar-refractivity contribution in [2.45, 2.75) is 53.8 Å². The van der Waals surface area contributed by atoms with Crippen LogP contribution in [0.25, 0.3) is 16.7 Å². The van der Waals surface area contributed by atoms with Crippen LogP contribution in [-0.4, -0.2) is 20.6 Å². The molecule has 0 aliphatic rings. The van der Waals surface area contributed by atoms with Gasteiger partial charge in [-0.2, -0.15) is 0 Å². The quantitative estimate of drug-likeness (QED) is 0.476. The summed E-state index contributed by atoms with van der Waals surface area (Å²) >= 11 is 0. The van der Waals surface area contributed by atoms with Crippen LogP contribution < -0.4 is 0 Å². The number of ether oxygens (including phenoxy) is 1. The summed E-state index contributed by atoms with van der Waals surface area (Å²) in [6, 6.07) is 6.51. The Morgan fingerprint density at radius 2 is 1.92 bits per heavy atom. The van der Waals surface area contributed by atoms with Gasteiger partial charge in [-0.15, -0.1) is 0 Å². The Bertz CT molecular complexity index is 762. The van der Waals surface area contributed by atoms with Crippen molar-refractivity contribution in [3.63, 3.8) is 0 Å². The van der Waals surface area contributed by atoms with Crippen molar-refractivity contribution in [3.05, 3.63) is 47.7 Å². The van der Waals surface area contributed by atoms with Gasteiger partial charge in [0, 0.05) is 17.1 Å². The molecule has 0 fully saturated rings. The molecule has 0 N–H and O–H groups in total. The molecule has 0 saturated heterocycles. The Hall–Kier alpha value is -1.65. The highest BCUT2D eigenvalue weighted by Crippen LogP contribution is 2.39. The highest BCUT2D eigenvalue weighted by molar-refractivity contribution is 6.48. The number of nitrogens with zero attached hydrogens (tertiary/aromatic N) is 1. The van der Waals surface area contributed by atoms with E-state index in [9.17, 15) is 0 Å². The van der Waals surface area contributed by atoms with E-state index >= 15 is 0 Å². The number of hydrogen-bond acceptors (Lipinski definition) is 3. The lowest BCUT2D eigenvalue weighted by molar-refractivity contribution is 0.0867. The van der Waals surface area contributed by atoms with Crippen LogP contribution in [0, 0.1) is 12.3 Å². The number of rotatable bonds is 6. The first-order valence-electron chi connectivity index (χ1n) is 8.82. The molecule has 0 aliphatic heterocycles. The fourth-order valence-electron chi connectivity index (χ4n) is 2.98. The molecule has 0 aliphatic carbocycles. The van der Waals surface area contributed by atoms with E-state index in [1.807, 2.05) is 13.1 Å². The Morgan fingerprint density at radius 3 is 2.48 bits per heavy atom. The summed E-state index contributed by atoms with van der Waals surface area (Å²) in [5, 5.41) is 1.10. The molecule has 25 heavy (non-hydrogen) atoms. The summed E-state index contributed by atoms with van der Waals surface area (Å²) in [5.74, 6) is 0.664. The third-order valence-corrected chi connectivity index (χ3v) is 4.71. The van der Waals surface area contributed by atoms with Gasteiger partial charge in [-0.25, -0.2) is 0 Å². The summed E-state index contributed by atoms with van der Waals surface area (Å²) in [6.45, 7) is 19.8. The van der Waals surface area contributed by atoms with E-state index in [2.05, 4.69) is 70.6 Å². The Balaban J connectivity index is 2.68. The second-order valence-corrected chi connectivity index (χ2v) is 9.83. The molecule has 2 aromatic rings. The topological polar surface area (TPSA) is 31.4 Å². The minimum Gasteiger partial charge on any atom is -0.494 e. The van der Waals surface area contributed by atoms with Crippen LogP contribution >= 0.6 is 0 Å². The molecule has 1 aromatic carbocycles. The molecule has 1 aromatic heterocycles. The van der Waals surface area contributed by atoms with Gasteiger partial charge in [-0.05, 0) is 61.7 Å². The predicted octanol–water partition coefficient (Wildman–Crippen LogP) is 5.91. The molecule has 0 amide bonds. The fourth-order valence-corrected chi connectivity index (χ4v) is 3.94. The van der Waals surface area contributed by atoms with Gasteiger partial charge in [-0.3, -0.25) is 4.98 Å². The van der Waals surface area contributed by atoms with Gasteiger partial charge in [0.05, 0.1) is 18.2 Å². The molecule has 2 rings (SSSR count). The van der Waals surface area contributed by atoms with Gasteiger partial charge in [0.2, 0.25) is 9.04 Å². The lowest BCUT2D eigenvalue weighted by Gasteiger charge is -2.33. The van der Waals surface area contributed by atoms with Crippen molar-refractivity contribution in [1.29, 1.82) is 0 Å². The van der Waals surface area contributed by atoms with Crippen LogP contribution in [0.2, 0.25) is 13.1 Å². The van der Waals surface area contributed by atoms with Crippen molar-refractivity contribution in [1.82, 2.24) is 4.98 Å². The lowest BCUT2D eigenvalue weighted by atomic mass is 9.83. The minimum atomic E-state index is -0.836. The van der Waals surface area contributed by atoms with Crippen molar-refractivity contribution in [3.8, 4) is 0 Å². The highest BCUT2D eigenvalue weighted by atomic mass is 28.3. The molecule has 1 unspecified atom stereocenters. The normalized spacial score (nSPS) is 13.3. The number of aryl methyl sites for hydroxylation is 1. The molecule has 3 nitrogen and oxygen atoms in total. The zero-order valence-corrected chi connectivity index (χ0v) is 17.6. The first kappa shape index (κ1) is 19.7. The molecule has 135 valence electrons. The van der Waals surface area contributed by atoms with Crippen LogP contribution in [0.15, 0.2) is 31.0 Å². The molecule has 1 radical (unpaired) electrons. The van der Waals surface area contributed by atoms with Crippen molar-refractivity contribution in [2.24, 2.45) is 5.41 Å². The lowest BCUT2D eigenvalue weighted by Crippen LogP contribution is -2.26. The van der Waals surface area contributed by atoms with Gasteiger partial charge in [0.1, 0.15) is 5.76 Å². The van der Waals surface area contributed by atoms with Crippen LogP contribution in [0.4, 0.5) is 0 Å². The molecule has 0 bridgehead atoms. The Morgan fingerprint density at radius 1 is 1.24 bits per heavy atom. The zero-order chi connectivity index (χ0) is 18.8. The summed E-state index contributed by atoms with van der Waals surface area (Å²) < 4.78 is 12.1. The predicted molar refractivity (Wildman–Crippen MR) is 108 cm³/mol. The Labute approximate surface area is 153 Å². The summed E-state index contributed by atoms with van der Waals surface area (Å²) in [5.41, 5.74) is 4.18. The maximum atomic E-state index is 6.39. The molecular weight excluding hydrogens is 326 g/mol. The highest BCUT2D eigenvalue weighted by Gasteiger charge is 2.29. The number of benzene rings is 1. The van der Waals surface area contributed by atoms with Crippen LogP contribution in [-0.2, 0) is 9.16 Å². The van der Waals surface area contributed by atoms with Crippen LogP contribution in [0.5, 0.6) is 0 Å². The van der Waals surface area contributed by atoms with Gasteiger partial charge >= 0.3 is 0 Å². The van der Waals surface area contributed by atoms with E-state index in [1.54, 1.807) is 0 Å². The summed E-state index contributed by atoms with van der Waals surface area (Å²) in [4.78, 5) is 4.63. The van der Waals surface area contributed by atoms with E-state index in [0.717, 1.165) is 27.6 Å². The maximum absolute atomic E-state index is 6.39. The third kappa shape index (κ3) is 4.70. The average molecular weight is 357 g/mol. The molecule has 1 heterocycles. The molecule has 0 saturated carbocycles. The second-order valence-electron chi connectivity index (χ2n) is 7.78. The van der Waals surface area contributed by atoms with Crippen molar-refractivity contribution in [2.75, 3.05) is 6.61 Å². The number of aromatic nitrogens is 1. The SMILES string of the molecule is C=C(OCC)c1cc(C(O[Si](C)C)C(C)(C)C)cc2cc(C)cnc12. The maximum Gasteiger partial charge on any atom is 0.205 e. The van der Waals surface area contributed by atoms with Gasteiger partial charge < -0.3 is 9.16 Å². The minimum absolute atomic E-state index is 0.00289. The van der Waals surface area contributed by atoms with Gasteiger partial charge in [0.25, 0.3) is 0 Å². The zero-order valence-electron chi connectivity index (χ0n) is 16.6. The van der Waals surface area contributed by atoms with Crippen LogP contribution in [0.1, 0.15) is 50.5 Å². The number of pyridine rings is 1. The number of hydrogen-bond donors (Lipinski definition) is 0. The van der Waals surface area contributed by atoms with Gasteiger partial charge in [-0.1, -0.05) is 27.4 Å². The van der Waals surface area contributed by atoms with E-state index in [0.29, 0.717) is 12.4 Å². The number of fused-ring (bicyclic) bond motifs is 1. The first-order valence-corrected chi connectivity index (χ1v) is 11.2. The molecular formula is C21H30NO2Si. The monoisotopic (exact) mass is 356 g/mol. The van der Waals surface area contributed by atoms with E-state index in [4.69, 9.17) is 9.16 Å². The standard InChI is InChI=1S/C21H30NO2Si/c1-9-23-15(3)18-12-17(20(21(4,5)6)24-25(7)8)11-16-10-14(2)13-22-19(16)18/h10-13,20H,3,9H2,1-2,4-8H3. The average Bonchev–Trinajstić information content (AvgIpc) is 2.50. The van der Waals surface area contributed by atoms with Crippen LogP contribution in [0.3, 0.4) is 0 Å². The molecule has 0 spiro atoms. The van der Waals surface area contributed by atoms with Crippen molar-refractivity contribution < 1.29 is 9.16 Å². The second kappa shape index (κ2) is 7.71. The summed E-state index contributed by atoms with van der Waals surface area (Å²) in [7, 11) is -0.836. The fraction of sp³-hybridized carbons (Fsp3) is 0.476. The van der Waals surface area contributed by atoms with E-state index < -0.39 is 9.04 Å². The molecule has 4 heteroatoms. The molecule has 1 atom stereocenters. The van der Waals surface area contributed by atoms with Gasteiger partial charge in [0.15, 0.2) is 0 Å². The first-order chi connectivity index (χ1) is 11.6. The largest absolute Gasteiger partial charge is 0.494 e. The third-order valence-electron chi connectivity index (χ3n) is 4.00. The smallest absolute Gasteiger partial charge is 0.205 e. The van der Waals surface area contributed by atoms with E-state index in [-0.39, 0.29) is 11.5 Å². The van der Waals surface area contributed by atoms with E-state index in [1.165, 1.54) is 0 Å².